The summed E-state index contributed by atoms with van der Waals surface area (Å²) in [6.07, 6.45) is 5.43. The maximum absolute atomic E-state index is 10.00. The van der Waals surface area contributed by atoms with Crippen LogP contribution >= 0.6 is 23.2 Å². The van der Waals surface area contributed by atoms with Gasteiger partial charge in [-0.05, 0) is 26.7 Å². The molecule has 0 amide bonds. The van der Waals surface area contributed by atoms with Crippen LogP contribution in [0.3, 0.4) is 0 Å². The van der Waals surface area contributed by atoms with Gasteiger partial charge in [-0.15, -0.1) is 0 Å². The van der Waals surface area contributed by atoms with Gasteiger partial charge in [0.25, 0.3) is 0 Å². The number of ether oxygens (including phenoxy) is 2. The second-order valence-electron chi connectivity index (χ2n) is 11.8. The van der Waals surface area contributed by atoms with E-state index < -0.39 is 5.60 Å². The molecule has 2 aromatic heterocycles. The van der Waals surface area contributed by atoms with Crippen LogP contribution in [0, 0.1) is 0 Å². The molecule has 0 spiro atoms. The Morgan fingerprint density at radius 2 is 1.37 bits per heavy atom. The average Bonchev–Trinajstić information content (AvgIpc) is 3.45. The first-order valence-electron chi connectivity index (χ1n) is 15.0. The van der Waals surface area contributed by atoms with E-state index in [4.69, 9.17) is 37.7 Å². The Balaban J connectivity index is 1.38. The van der Waals surface area contributed by atoms with Gasteiger partial charge >= 0.3 is 0 Å². The maximum Gasteiger partial charge on any atom is 0.237 e. The highest BCUT2D eigenvalue weighted by Gasteiger charge is 2.20. The normalized spacial score (nSPS) is 14.8. The third-order valence-electron chi connectivity index (χ3n) is 7.59. The Bertz CT molecular complexity index is 1710. The van der Waals surface area contributed by atoms with E-state index in [2.05, 4.69) is 37.5 Å². The lowest BCUT2D eigenvalue weighted by atomic mass is 9.98. The minimum atomic E-state index is -0.851. The van der Waals surface area contributed by atoms with Crippen LogP contribution < -0.4 is 25.4 Å². The number of rotatable bonds is 13. The number of hydrogen-bond acceptors (Lipinski definition) is 10. The summed E-state index contributed by atoms with van der Waals surface area (Å²) in [5.41, 5.74) is 5.53. The molecule has 0 aliphatic carbocycles. The third kappa shape index (κ3) is 7.94. The lowest BCUT2D eigenvalue weighted by molar-refractivity contribution is 0.0793. The summed E-state index contributed by atoms with van der Waals surface area (Å²) in [4.78, 5) is 18.7. The van der Waals surface area contributed by atoms with E-state index >= 15 is 0 Å². The van der Waals surface area contributed by atoms with Crippen molar-refractivity contribution in [3.05, 3.63) is 82.5 Å². The van der Waals surface area contributed by atoms with Gasteiger partial charge < -0.3 is 30.5 Å². The Labute approximate surface area is 279 Å². The van der Waals surface area contributed by atoms with Crippen LogP contribution in [0.4, 0.5) is 0 Å². The number of nitrogens with one attached hydrogen (secondary N) is 3. The van der Waals surface area contributed by atoms with Crippen molar-refractivity contribution in [2.75, 3.05) is 27.3 Å². The highest BCUT2D eigenvalue weighted by molar-refractivity contribution is 6.39. The summed E-state index contributed by atoms with van der Waals surface area (Å²) in [7, 11) is 3.13. The highest BCUT2D eigenvalue weighted by atomic mass is 35.5. The summed E-state index contributed by atoms with van der Waals surface area (Å²) in [6.45, 7) is 9.55. The first kappa shape index (κ1) is 33.6. The van der Waals surface area contributed by atoms with Crippen molar-refractivity contribution in [1.29, 1.82) is 0 Å². The van der Waals surface area contributed by atoms with Gasteiger partial charge in [0.05, 0.1) is 53.6 Å². The molecule has 4 aromatic rings. The summed E-state index contributed by atoms with van der Waals surface area (Å²) >= 11 is 14.1. The molecule has 1 atom stereocenters. The van der Waals surface area contributed by atoms with E-state index in [0.29, 0.717) is 81.4 Å². The molecular weight excluding hydrogens is 625 g/mol. The van der Waals surface area contributed by atoms with E-state index in [1.165, 1.54) is 0 Å². The number of methoxy groups -OCH3 is 2. The first-order chi connectivity index (χ1) is 22.1. The Morgan fingerprint density at radius 1 is 0.870 bits per heavy atom. The van der Waals surface area contributed by atoms with Crippen molar-refractivity contribution in [3.63, 3.8) is 0 Å². The quantitative estimate of drug-likeness (QED) is 0.139. The molecule has 3 heterocycles. The lowest BCUT2D eigenvalue weighted by Crippen LogP contribution is -2.34. The minimum Gasteiger partial charge on any atom is -0.480 e. The largest absolute Gasteiger partial charge is 0.480 e. The fourth-order valence-corrected chi connectivity index (χ4v) is 5.93. The fraction of sp³-hybridized carbons (Fsp3) is 0.353. The second kappa shape index (κ2) is 14.7. The molecule has 10 nitrogen and oxygen atoms in total. The molecule has 5 rings (SSSR count). The summed E-state index contributed by atoms with van der Waals surface area (Å²) in [6, 6.07) is 11.8. The zero-order valence-corrected chi connectivity index (χ0v) is 28.0. The van der Waals surface area contributed by atoms with E-state index in [1.807, 2.05) is 36.4 Å². The number of aromatic nitrogens is 4. The zero-order chi connectivity index (χ0) is 32.8. The molecule has 0 radical (unpaired) electrons. The molecule has 1 fully saturated rings. The fourth-order valence-electron chi connectivity index (χ4n) is 5.28. The van der Waals surface area contributed by atoms with E-state index in [0.717, 1.165) is 36.2 Å². The van der Waals surface area contributed by atoms with Crippen LogP contribution in [-0.4, -0.2) is 64.0 Å². The van der Waals surface area contributed by atoms with E-state index in [-0.39, 0.29) is 0 Å². The SMILES string of the molecule is C=C1CC[C@@H](CNCc2ncc(-c3cccc(-c4cccc(-c5cnc(CNCC(C)(C)O)c(OC)n5)c4Cl)c3Cl)nc2OC)N1. The predicted molar refractivity (Wildman–Crippen MR) is 182 cm³/mol. The molecule has 1 aliphatic rings. The standard InChI is InChI=1S/C34H39Cl2N7O3/c1-20-12-13-21(41-20)14-37-15-28-32(45-4)42-26(17-39-28)24-10-6-8-22(30(24)35)23-9-7-11-25(31(23)36)27-18-40-29(33(43-27)46-5)16-38-19-34(2,3)44/h6-11,17-18,21,37-38,41,44H,1,12-16,19H2,2-5H3/t21-/m0/s1. The van der Waals surface area contributed by atoms with Crippen LogP contribution in [0.1, 0.15) is 38.1 Å². The Kier molecular flexibility index (Phi) is 10.8. The van der Waals surface area contributed by atoms with Crippen LogP contribution in [0.25, 0.3) is 33.6 Å². The van der Waals surface area contributed by atoms with Crippen LogP contribution in [0.15, 0.2) is 61.1 Å². The number of nitrogens with zero attached hydrogens (tertiary/aromatic N) is 4. The molecule has 1 saturated heterocycles. The number of hydrogen-bond donors (Lipinski definition) is 4. The lowest BCUT2D eigenvalue weighted by Gasteiger charge is -2.18. The predicted octanol–water partition coefficient (Wildman–Crippen LogP) is 5.81. The van der Waals surface area contributed by atoms with Crippen LogP contribution in [-0.2, 0) is 13.1 Å². The van der Waals surface area contributed by atoms with E-state index in [9.17, 15) is 5.11 Å². The van der Waals surface area contributed by atoms with Gasteiger partial charge in [0, 0.05) is 60.2 Å². The molecule has 242 valence electrons. The van der Waals surface area contributed by atoms with Crippen molar-refractivity contribution >= 4 is 23.2 Å². The maximum atomic E-state index is 10.00. The second-order valence-corrected chi connectivity index (χ2v) is 12.5. The zero-order valence-electron chi connectivity index (χ0n) is 26.5. The van der Waals surface area contributed by atoms with Crippen molar-refractivity contribution in [2.45, 2.75) is 51.4 Å². The number of halogens is 2. The van der Waals surface area contributed by atoms with Gasteiger partial charge in [0.15, 0.2) is 0 Å². The number of aliphatic hydroxyl groups is 1. The van der Waals surface area contributed by atoms with Crippen molar-refractivity contribution in [2.24, 2.45) is 0 Å². The van der Waals surface area contributed by atoms with Crippen molar-refractivity contribution in [3.8, 4) is 45.4 Å². The summed E-state index contributed by atoms with van der Waals surface area (Å²) in [5.74, 6) is 0.802. The van der Waals surface area contributed by atoms with Gasteiger partial charge in [0.2, 0.25) is 11.8 Å². The van der Waals surface area contributed by atoms with Gasteiger partial charge in [0.1, 0.15) is 11.4 Å². The van der Waals surface area contributed by atoms with Gasteiger partial charge in [-0.2, -0.15) is 0 Å². The molecular formula is C34H39Cl2N7O3. The Morgan fingerprint density at radius 3 is 1.83 bits per heavy atom. The number of benzene rings is 2. The van der Waals surface area contributed by atoms with Crippen LogP contribution in [0.2, 0.25) is 10.0 Å². The average molecular weight is 665 g/mol. The molecule has 12 heteroatoms. The monoisotopic (exact) mass is 663 g/mol. The topological polar surface area (TPSA) is 126 Å². The smallest absolute Gasteiger partial charge is 0.237 e. The van der Waals surface area contributed by atoms with Gasteiger partial charge in [-0.3, -0.25) is 9.97 Å². The third-order valence-corrected chi connectivity index (χ3v) is 8.40. The summed E-state index contributed by atoms with van der Waals surface area (Å²) < 4.78 is 11.1. The molecule has 4 N–H and O–H groups in total. The molecule has 46 heavy (non-hydrogen) atoms. The highest BCUT2D eigenvalue weighted by Crippen LogP contribution is 2.42. The first-order valence-corrected chi connectivity index (χ1v) is 15.8. The van der Waals surface area contributed by atoms with Gasteiger partial charge in [-0.1, -0.05) is 66.2 Å². The molecule has 2 aromatic carbocycles. The van der Waals surface area contributed by atoms with Crippen molar-refractivity contribution in [1.82, 2.24) is 35.9 Å². The summed E-state index contributed by atoms with van der Waals surface area (Å²) in [5, 5.41) is 20.9. The minimum absolute atomic E-state index is 0.360. The molecule has 1 aliphatic heterocycles. The number of allylic oxidation sites excluding steroid dienone is 1. The van der Waals surface area contributed by atoms with Gasteiger partial charge in [-0.25, -0.2) is 9.97 Å². The molecule has 0 bridgehead atoms. The molecule has 0 saturated carbocycles. The van der Waals surface area contributed by atoms with Crippen molar-refractivity contribution < 1.29 is 14.6 Å². The Hall–Kier alpha value is -3.80. The van der Waals surface area contributed by atoms with E-state index in [1.54, 1.807) is 40.5 Å². The van der Waals surface area contributed by atoms with Crippen LogP contribution in [0.5, 0.6) is 11.8 Å². The molecule has 0 unspecified atom stereocenters.